The summed E-state index contributed by atoms with van der Waals surface area (Å²) in [4.78, 5) is 5.95. The number of thioether (sulfide) groups is 1. The second kappa shape index (κ2) is 12.4. The monoisotopic (exact) mass is 323 g/mol. The molecule has 0 amide bonds. The third-order valence-electron chi connectivity index (χ3n) is 2.89. The van der Waals surface area contributed by atoms with Crippen molar-refractivity contribution in [2.24, 2.45) is 4.99 Å². The van der Waals surface area contributed by atoms with Gasteiger partial charge in [0, 0.05) is 36.4 Å². The van der Waals surface area contributed by atoms with Crippen molar-refractivity contribution in [2.45, 2.75) is 37.3 Å². The molecule has 0 bridgehead atoms. The molecule has 0 spiro atoms. The van der Waals surface area contributed by atoms with Crippen LogP contribution in [0.4, 0.5) is 0 Å². The fraction of sp³-hybridized carbons (Fsp3) is 0.588. The molecule has 2 N–H and O–H groups in total. The van der Waals surface area contributed by atoms with Crippen molar-refractivity contribution >= 4 is 17.7 Å². The zero-order chi connectivity index (χ0) is 16.0. The molecule has 0 radical (unpaired) electrons. The van der Waals surface area contributed by atoms with E-state index in [0.29, 0.717) is 5.25 Å². The van der Waals surface area contributed by atoms with Crippen molar-refractivity contribution in [1.29, 1.82) is 0 Å². The van der Waals surface area contributed by atoms with Gasteiger partial charge in [-0.15, -0.1) is 11.8 Å². The van der Waals surface area contributed by atoms with Crippen LogP contribution < -0.4 is 10.6 Å². The maximum Gasteiger partial charge on any atom is 0.191 e. The number of hydrogen-bond donors (Lipinski definition) is 2. The highest BCUT2D eigenvalue weighted by molar-refractivity contribution is 8.00. The zero-order valence-corrected chi connectivity index (χ0v) is 14.8. The number of nitrogens with zero attached hydrogens (tertiary/aromatic N) is 1. The van der Waals surface area contributed by atoms with E-state index in [9.17, 15) is 0 Å². The van der Waals surface area contributed by atoms with Crippen LogP contribution in [0.3, 0.4) is 0 Å². The highest BCUT2D eigenvalue weighted by Crippen LogP contribution is 2.22. The molecule has 0 heterocycles. The van der Waals surface area contributed by atoms with E-state index in [1.807, 2.05) is 24.8 Å². The van der Waals surface area contributed by atoms with Gasteiger partial charge in [0.25, 0.3) is 0 Å². The van der Waals surface area contributed by atoms with Crippen molar-refractivity contribution in [3.05, 3.63) is 30.3 Å². The number of aliphatic imine (C=N–C) groups is 1. The van der Waals surface area contributed by atoms with Crippen LogP contribution in [0.1, 0.15) is 27.2 Å². The minimum atomic E-state index is 0.446. The Bertz CT molecular complexity index is 412. The summed E-state index contributed by atoms with van der Waals surface area (Å²) in [5.41, 5.74) is 0. The van der Waals surface area contributed by atoms with E-state index in [2.05, 4.69) is 53.7 Å². The van der Waals surface area contributed by atoms with E-state index in [-0.39, 0.29) is 0 Å². The van der Waals surface area contributed by atoms with Gasteiger partial charge >= 0.3 is 0 Å². The minimum absolute atomic E-state index is 0.446. The number of nitrogens with one attached hydrogen (secondary N) is 2. The largest absolute Gasteiger partial charge is 0.382 e. The van der Waals surface area contributed by atoms with Crippen molar-refractivity contribution in [1.82, 2.24) is 10.6 Å². The van der Waals surface area contributed by atoms with Gasteiger partial charge in [0.05, 0.1) is 6.54 Å². The van der Waals surface area contributed by atoms with E-state index in [1.54, 1.807) is 0 Å². The van der Waals surface area contributed by atoms with E-state index < -0.39 is 0 Å². The number of guanidine groups is 1. The molecule has 1 atom stereocenters. The lowest BCUT2D eigenvalue weighted by atomic mass is 10.4. The van der Waals surface area contributed by atoms with Crippen LogP contribution in [0.2, 0.25) is 0 Å². The van der Waals surface area contributed by atoms with Gasteiger partial charge in [-0.05, 0) is 32.4 Å². The Morgan fingerprint density at radius 2 is 2.00 bits per heavy atom. The van der Waals surface area contributed by atoms with Gasteiger partial charge in [-0.3, -0.25) is 4.99 Å². The third-order valence-corrected chi connectivity index (χ3v) is 3.99. The quantitative estimate of drug-likeness (QED) is 0.300. The van der Waals surface area contributed by atoms with E-state index >= 15 is 0 Å². The van der Waals surface area contributed by atoms with Gasteiger partial charge in [0.2, 0.25) is 0 Å². The standard InChI is InChI=1S/C17H29N3OS/c1-4-18-17(19-12-9-13-21-5-2)20-14-15(3)22-16-10-7-6-8-11-16/h6-8,10-11,15H,4-5,9,12-14H2,1-3H3,(H2,18,19,20). The fourth-order valence-corrected chi connectivity index (χ4v) is 2.78. The van der Waals surface area contributed by atoms with Crippen LogP contribution in [0.5, 0.6) is 0 Å². The second-order valence-electron chi connectivity index (χ2n) is 4.94. The first kappa shape index (κ1) is 18.8. The van der Waals surface area contributed by atoms with Crippen LogP contribution in [0.15, 0.2) is 40.2 Å². The molecule has 0 aromatic heterocycles. The molecule has 4 nitrogen and oxygen atoms in total. The van der Waals surface area contributed by atoms with Gasteiger partial charge < -0.3 is 15.4 Å². The van der Waals surface area contributed by atoms with Crippen molar-refractivity contribution in [3.63, 3.8) is 0 Å². The SMILES string of the molecule is CCNC(=NCC(C)Sc1ccccc1)NCCCOCC. The summed E-state index contributed by atoms with van der Waals surface area (Å²) in [6.45, 7) is 10.4. The van der Waals surface area contributed by atoms with Crippen molar-refractivity contribution in [3.8, 4) is 0 Å². The lowest BCUT2D eigenvalue weighted by Crippen LogP contribution is -2.38. The molecule has 1 aromatic rings. The molecule has 1 unspecified atom stereocenters. The molecule has 5 heteroatoms. The first-order valence-electron chi connectivity index (χ1n) is 8.07. The van der Waals surface area contributed by atoms with Crippen LogP contribution >= 0.6 is 11.8 Å². The first-order valence-corrected chi connectivity index (χ1v) is 8.95. The Morgan fingerprint density at radius 1 is 1.23 bits per heavy atom. The molecule has 0 aliphatic heterocycles. The van der Waals surface area contributed by atoms with Crippen molar-refractivity contribution in [2.75, 3.05) is 32.8 Å². The Morgan fingerprint density at radius 3 is 2.68 bits per heavy atom. The molecule has 0 fully saturated rings. The molecule has 1 aromatic carbocycles. The van der Waals surface area contributed by atoms with Crippen molar-refractivity contribution < 1.29 is 4.74 Å². The van der Waals surface area contributed by atoms with Crippen LogP contribution in [0, 0.1) is 0 Å². The third kappa shape index (κ3) is 8.95. The number of hydrogen-bond acceptors (Lipinski definition) is 3. The number of benzene rings is 1. The van der Waals surface area contributed by atoms with Gasteiger partial charge in [0.15, 0.2) is 5.96 Å². The Balaban J connectivity index is 2.33. The summed E-state index contributed by atoms with van der Waals surface area (Å²) in [5.74, 6) is 0.888. The average Bonchev–Trinajstić information content (AvgIpc) is 2.53. The minimum Gasteiger partial charge on any atom is -0.382 e. The molecular weight excluding hydrogens is 294 g/mol. The van der Waals surface area contributed by atoms with Gasteiger partial charge in [-0.1, -0.05) is 25.1 Å². The lowest BCUT2D eigenvalue weighted by molar-refractivity contribution is 0.145. The molecule has 22 heavy (non-hydrogen) atoms. The normalized spacial score (nSPS) is 13.0. The van der Waals surface area contributed by atoms with Crippen LogP contribution in [0.25, 0.3) is 0 Å². The van der Waals surface area contributed by atoms with Gasteiger partial charge in [-0.25, -0.2) is 0 Å². The molecule has 0 saturated carbocycles. The van der Waals surface area contributed by atoms with Gasteiger partial charge in [-0.2, -0.15) is 0 Å². The second-order valence-corrected chi connectivity index (χ2v) is 6.45. The first-order chi connectivity index (χ1) is 10.8. The summed E-state index contributed by atoms with van der Waals surface area (Å²) in [6.07, 6.45) is 0.993. The van der Waals surface area contributed by atoms with E-state index in [1.165, 1.54) is 4.90 Å². The molecule has 0 aliphatic carbocycles. The molecule has 0 saturated heterocycles. The smallest absolute Gasteiger partial charge is 0.191 e. The summed E-state index contributed by atoms with van der Waals surface area (Å²) in [6, 6.07) is 10.5. The molecule has 1 rings (SSSR count). The topological polar surface area (TPSA) is 45.7 Å². The number of ether oxygens (including phenoxy) is 1. The summed E-state index contributed by atoms with van der Waals surface area (Å²) in [5, 5.41) is 7.08. The maximum atomic E-state index is 5.34. The van der Waals surface area contributed by atoms with E-state index in [0.717, 1.165) is 45.2 Å². The van der Waals surface area contributed by atoms with Crippen LogP contribution in [-0.2, 0) is 4.74 Å². The molecular formula is C17H29N3OS. The Kier molecular flexibility index (Phi) is 10.6. The molecule has 124 valence electrons. The fourth-order valence-electron chi connectivity index (χ4n) is 1.86. The highest BCUT2D eigenvalue weighted by Gasteiger charge is 2.04. The number of rotatable bonds is 10. The summed E-state index contributed by atoms with van der Waals surface area (Å²) >= 11 is 1.86. The maximum absolute atomic E-state index is 5.34. The van der Waals surface area contributed by atoms with E-state index in [4.69, 9.17) is 4.74 Å². The molecule has 0 aliphatic rings. The predicted octanol–water partition coefficient (Wildman–Crippen LogP) is 3.15. The predicted molar refractivity (Wildman–Crippen MR) is 96.9 cm³/mol. The summed E-state index contributed by atoms with van der Waals surface area (Å²) < 4.78 is 5.34. The zero-order valence-electron chi connectivity index (χ0n) is 14.0. The van der Waals surface area contributed by atoms with Crippen LogP contribution in [-0.4, -0.2) is 44.1 Å². The highest BCUT2D eigenvalue weighted by atomic mass is 32.2. The Labute approximate surface area is 139 Å². The van der Waals surface area contributed by atoms with Gasteiger partial charge in [0.1, 0.15) is 0 Å². The lowest BCUT2D eigenvalue weighted by Gasteiger charge is -2.13. The average molecular weight is 324 g/mol. The summed E-state index contributed by atoms with van der Waals surface area (Å²) in [7, 11) is 0. The Hall–Kier alpha value is -1.20.